The van der Waals surface area contributed by atoms with Crippen molar-refractivity contribution in [3.05, 3.63) is 87.9 Å². The minimum Gasteiger partial charge on any atom is -0.492 e. The lowest BCUT2D eigenvalue weighted by Crippen LogP contribution is -2.45. The highest BCUT2D eigenvalue weighted by Gasteiger charge is 2.34. The third kappa shape index (κ3) is 7.13. The molecule has 3 aromatic carbocycles. The van der Waals surface area contributed by atoms with E-state index in [9.17, 15) is 26.4 Å². The summed E-state index contributed by atoms with van der Waals surface area (Å²) in [5.41, 5.74) is -0.707. The van der Waals surface area contributed by atoms with E-state index in [1.165, 1.54) is 24.3 Å². The van der Waals surface area contributed by atoms with Crippen LogP contribution in [0.15, 0.2) is 71.6 Å². The fourth-order valence-electron chi connectivity index (χ4n) is 3.26. The van der Waals surface area contributed by atoms with Crippen molar-refractivity contribution in [3.63, 3.8) is 0 Å². The maximum absolute atomic E-state index is 13.2. The number of alkyl halides is 3. The van der Waals surface area contributed by atoms with Crippen LogP contribution in [-0.2, 0) is 27.4 Å². The van der Waals surface area contributed by atoms with Crippen LogP contribution in [0.2, 0.25) is 10.0 Å². The summed E-state index contributed by atoms with van der Waals surface area (Å²) in [5.74, 6) is -0.574. The van der Waals surface area contributed by atoms with E-state index in [1.807, 2.05) is 0 Å². The van der Waals surface area contributed by atoms with Crippen LogP contribution in [0, 0.1) is 0 Å². The fourth-order valence-corrected chi connectivity index (χ4v) is 5.01. The number of anilines is 1. The number of ether oxygens (including phenoxy) is 1. The molecule has 1 atom stereocenters. The molecule has 192 valence electrons. The molecular weight excluding hydrogens is 540 g/mol. The summed E-state index contributed by atoms with van der Waals surface area (Å²) in [7, 11) is -4.26. The molecule has 1 unspecified atom stereocenters. The molecule has 3 aromatic rings. The van der Waals surface area contributed by atoms with E-state index >= 15 is 0 Å². The van der Waals surface area contributed by atoms with Crippen molar-refractivity contribution >= 4 is 44.8 Å². The molecule has 0 aliphatic rings. The molecule has 3 rings (SSSR count). The van der Waals surface area contributed by atoms with Gasteiger partial charge in [-0.1, -0.05) is 53.5 Å². The van der Waals surface area contributed by atoms with Gasteiger partial charge in [-0.25, -0.2) is 8.42 Å². The average molecular weight is 561 g/mol. The van der Waals surface area contributed by atoms with Gasteiger partial charge in [0.2, 0.25) is 15.9 Å². The number of rotatable bonds is 9. The van der Waals surface area contributed by atoms with Crippen LogP contribution in [0.5, 0.6) is 5.75 Å². The van der Waals surface area contributed by atoms with E-state index in [-0.39, 0.29) is 22.0 Å². The monoisotopic (exact) mass is 560 g/mol. The van der Waals surface area contributed by atoms with E-state index in [4.69, 9.17) is 27.9 Å². The highest BCUT2D eigenvalue weighted by atomic mass is 35.5. The zero-order valence-electron chi connectivity index (χ0n) is 18.8. The summed E-state index contributed by atoms with van der Waals surface area (Å²) < 4.78 is 73.5. The van der Waals surface area contributed by atoms with Crippen molar-refractivity contribution in [3.8, 4) is 5.75 Å². The largest absolute Gasteiger partial charge is 0.492 e. The number of halogens is 5. The molecule has 0 radical (unpaired) electrons. The second-order valence-electron chi connectivity index (χ2n) is 7.57. The van der Waals surface area contributed by atoms with Crippen molar-refractivity contribution in [2.75, 3.05) is 11.9 Å². The minimum atomic E-state index is -4.74. The Labute approximate surface area is 216 Å². The van der Waals surface area contributed by atoms with Crippen LogP contribution < -0.4 is 14.8 Å². The van der Waals surface area contributed by atoms with Gasteiger partial charge in [0.25, 0.3) is 0 Å². The van der Waals surface area contributed by atoms with Crippen LogP contribution >= 0.6 is 23.2 Å². The third-order valence-electron chi connectivity index (χ3n) is 4.95. The van der Waals surface area contributed by atoms with Crippen molar-refractivity contribution in [1.82, 2.24) is 4.72 Å². The van der Waals surface area contributed by atoms with Gasteiger partial charge in [-0.2, -0.15) is 17.9 Å². The Morgan fingerprint density at radius 1 is 1.00 bits per heavy atom. The summed E-state index contributed by atoms with van der Waals surface area (Å²) >= 11 is 11.8. The summed E-state index contributed by atoms with van der Waals surface area (Å²) in [4.78, 5) is 12.9. The highest BCUT2D eigenvalue weighted by molar-refractivity contribution is 7.89. The van der Waals surface area contributed by atoms with Gasteiger partial charge in [-0.15, -0.1) is 0 Å². The van der Waals surface area contributed by atoms with Crippen molar-refractivity contribution in [2.24, 2.45) is 0 Å². The summed E-state index contributed by atoms with van der Waals surface area (Å²) in [5, 5.41) is 1.87. The molecule has 0 saturated carbocycles. The van der Waals surface area contributed by atoms with Gasteiger partial charge in [0, 0.05) is 5.69 Å². The topological polar surface area (TPSA) is 84.5 Å². The Morgan fingerprint density at radius 2 is 1.69 bits per heavy atom. The Bertz CT molecular complexity index is 1340. The molecule has 0 saturated heterocycles. The zero-order chi connectivity index (χ0) is 26.5. The molecule has 0 bridgehead atoms. The third-order valence-corrected chi connectivity index (χ3v) is 7.04. The molecule has 0 fully saturated rings. The maximum Gasteiger partial charge on any atom is 0.417 e. The molecule has 1 amide bonds. The lowest BCUT2D eigenvalue weighted by atomic mass is 10.1. The van der Waals surface area contributed by atoms with Gasteiger partial charge in [-0.05, 0) is 55.3 Å². The Kier molecular flexibility index (Phi) is 8.89. The molecule has 2 N–H and O–H groups in total. The first-order chi connectivity index (χ1) is 16.9. The van der Waals surface area contributed by atoms with Crippen LogP contribution in [0.3, 0.4) is 0 Å². The van der Waals surface area contributed by atoms with Crippen LogP contribution in [0.1, 0.15) is 18.1 Å². The SMILES string of the molecule is CCOc1ccc(S(=O)(=O)NC(Cc2ccccc2)C(=O)Nc2ccc(Cl)c(C(F)(F)F)c2)cc1Cl. The van der Waals surface area contributed by atoms with Gasteiger partial charge < -0.3 is 10.1 Å². The molecule has 0 aliphatic heterocycles. The van der Waals surface area contributed by atoms with E-state index in [2.05, 4.69) is 10.0 Å². The molecule has 6 nitrogen and oxygen atoms in total. The van der Waals surface area contributed by atoms with E-state index < -0.39 is 38.7 Å². The van der Waals surface area contributed by atoms with E-state index in [0.29, 0.717) is 24.0 Å². The van der Waals surface area contributed by atoms with Crippen molar-refractivity contribution in [1.29, 1.82) is 0 Å². The normalized spacial score (nSPS) is 12.7. The quantitative estimate of drug-likeness (QED) is 0.339. The summed E-state index contributed by atoms with van der Waals surface area (Å²) in [6, 6.07) is 13.9. The Balaban J connectivity index is 1.90. The molecular formula is C24H21Cl2F3N2O4S. The minimum absolute atomic E-state index is 0.0598. The predicted octanol–water partition coefficient (Wildman–Crippen LogP) is 5.94. The first-order valence-corrected chi connectivity index (χ1v) is 12.8. The number of nitrogens with one attached hydrogen (secondary N) is 2. The van der Waals surface area contributed by atoms with Crippen LogP contribution in [0.25, 0.3) is 0 Å². The van der Waals surface area contributed by atoms with Gasteiger partial charge in [-0.3, -0.25) is 4.79 Å². The number of hydrogen-bond donors (Lipinski definition) is 2. The molecule has 0 heterocycles. The average Bonchev–Trinajstić information content (AvgIpc) is 2.81. The molecule has 0 aliphatic carbocycles. The number of amides is 1. The summed E-state index contributed by atoms with van der Waals surface area (Å²) in [6.45, 7) is 2.07. The molecule has 0 aromatic heterocycles. The smallest absolute Gasteiger partial charge is 0.417 e. The Hall–Kier alpha value is -2.79. The molecule has 0 spiro atoms. The standard InChI is InChI=1S/C24H21Cl2F3N2O4S/c1-2-35-22-11-9-17(14-20(22)26)36(33,34)31-21(12-15-6-4-3-5-7-15)23(32)30-16-8-10-19(25)18(13-16)24(27,28)29/h3-11,13-14,21,31H,2,12H2,1H3,(H,30,32). The van der Waals surface area contributed by atoms with E-state index in [0.717, 1.165) is 6.07 Å². The van der Waals surface area contributed by atoms with Crippen LogP contribution in [-0.4, -0.2) is 27.0 Å². The second kappa shape index (κ2) is 11.5. The summed E-state index contributed by atoms with van der Waals surface area (Å²) in [6.07, 6.45) is -4.81. The second-order valence-corrected chi connectivity index (χ2v) is 10.1. The number of benzene rings is 3. The van der Waals surface area contributed by atoms with Crippen LogP contribution in [0.4, 0.5) is 18.9 Å². The number of carbonyl (C=O) groups excluding carboxylic acids is 1. The van der Waals surface area contributed by atoms with Gasteiger partial charge in [0.15, 0.2) is 0 Å². The first kappa shape index (κ1) is 27.8. The number of carbonyl (C=O) groups is 1. The molecule has 12 heteroatoms. The van der Waals surface area contributed by atoms with Gasteiger partial charge in [0.05, 0.1) is 27.1 Å². The first-order valence-electron chi connectivity index (χ1n) is 10.6. The predicted molar refractivity (Wildman–Crippen MR) is 132 cm³/mol. The maximum atomic E-state index is 13.2. The van der Waals surface area contributed by atoms with Crippen molar-refractivity contribution < 1.29 is 31.1 Å². The molecule has 36 heavy (non-hydrogen) atoms. The Morgan fingerprint density at radius 3 is 2.31 bits per heavy atom. The van der Waals surface area contributed by atoms with Gasteiger partial charge >= 0.3 is 6.18 Å². The van der Waals surface area contributed by atoms with E-state index in [1.54, 1.807) is 37.3 Å². The number of hydrogen-bond acceptors (Lipinski definition) is 4. The highest BCUT2D eigenvalue weighted by Crippen LogP contribution is 2.36. The van der Waals surface area contributed by atoms with Gasteiger partial charge in [0.1, 0.15) is 11.8 Å². The zero-order valence-corrected chi connectivity index (χ0v) is 21.1. The fraction of sp³-hybridized carbons (Fsp3) is 0.208. The van der Waals surface area contributed by atoms with Crippen molar-refractivity contribution in [2.45, 2.75) is 30.5 Å². The lowest BCUT2D eigenvalue weighted by Gasteiger charge is -2.20. The number of sulfonamides is 1. The lowest BCUT2D eigenvalue weighted by molar-refractivity contribution is -0.137.